The predicted octanol–water partition coefficient (Wildman–Crippen LogP) is 3.82. The van der Waals surface area contributed by atoms with Gasteiger partial charge in [-0.1, -0.05) is 15.9 Å². The highest BCUT2D eigenvalue weighted by molar-refractivity contribution is 9.10. The van der Waals surface area contributed by atoms with Crippen LogP contribution < -0.4 is 10.2 Å². The van der Waals surface area contributed by atoms with Gasteiger partial charge in [-0.2, -0.15) is 0 Å². The molecule has 1 fully saturated rings. The summed E-state index contributed by atoms with van der Waals surface area (Å²) in [6, 6.07) is 12.5. The Bertz CT molecular complexity index is 769. The van der Waals surface area contributed by atoms with Crippen LogP contribution in [-0.2, 0) is 4.79 Å². The quantitative estimate of drug-likeness (QED) is 0.602. The zero-order chi connectivity index (χ0) is 17.8. The van der Waals surface area contributed by atoms with Gasteiger partial charge in [0.25, 0.3) is 0 Å². The summed E-state index contributed by atoms with van der Waals surface area (Å²) in [6.07, 6.45) is 2.33. The molecule has 0 saturated carbocycles. The topological polar surface area (TPSA) is 69.6 Å². The summed E-state index contributed by atoms with van der Waals surface area (Å²) in [5.41, 5.74) is 2.16. The molecular weight excluding hydrogens is 384 g/mol. The summed E-state index contributed by atoms with van der Waals surface area (Å²) in [5.74, 6) is -0.0856. The number of hydrogen-bond donors (Lipinski definition) is 2. The minimum atomic E-state index is -0.0754. The lowest BCUT2D eigenvalue weighted by Crippen LogP contribution is -2.38. The molecule has 1 aliphatic heterocycles. The summed E-state index contributed by atoms with van der Waals surface area (Å²) >= 11 is 3.28. The van der Waals surface area contributed by atoms with Crippen LogP contribution in [-0.4, -0.2) is 30.4 Å². The molecule has 1 saturated heterocycles. The number of rotatable bonds is 4. The Hall–Kier alpha value is -2.34. The molecule has 0 atom stereocenters. The Labute approximate surface area is 154 Å². The molecule has 2 aromatic rings. The Balaban J connectivity index is 1.57. The van der Waals surface area contributed by atoms with E-state index in [9.17, 15) is 14.7 Å². The van der Waals surface area contributed by atoms with Crippen LogP contribution in [0.5, 0.6) is 5.75 Å². The van der Waals surface area contributed by atoms with E-state index in [1.165, 1.54) is 0 Å². The third-order valence-electron chi connectivity index (χ3n) is 4.48. The molecule has 2 N–H and O–H groups in total. The van der Waals surface area contributed by atoms with E-state index in [0.717, 1.165) is 42.4 Å². The molecule has 5 nitrogen and oxygen atoms in total. The van der Waals surface area contributed by atoms with E-state index in [1.54, 1.807) is 30.3 Å². The number of aromatic hydroxyl groups is 1. The maximum absolute atomic E-state index is 12.4. The second-order valence-electron chi connectivity index (χ2n) is 6.12. The molecule has 1 heterocycles. The molecule has 6 heteroatoms. The van der Waals surface area contributed by atoms with Gasteiger partial charge in [-0.3, -0.25) is 9.59 Å². The Kier molecular flexibility index (Phi) is 5.38. The molecule has 1 amide bonds. The maximum Gasteiger partial charge on any atom is 0.227 e. The van der Waals surface area contributed by atoms with Gasteiger partial charge in [-0.15, -0.1) is 0 Å². The molecule has 130 valence electrons. The Morgan fingerprint density at radius 1 is 1.16 bits per heavy atom. The highest BCUT2D eigenvalue weighted by atomic mass is 79.9. The number of phenols is 1. The lowest BCUT2D eigenvalue weighted by atomic mass is 9.95. The van der Waals surface area contributed by atoms with Crippen molar-refractivity contribution in [3.05, 3.63) is 52.5 Å². The Morgan fingerprint density at radius 3 is 2.44 bits per heavy atom. The molecule has 0 radical (unpaired) electrons. The number of amides is 1. The average Bonchev–Trinajstić information content (AvgIpc) is 2.64. The van der Waals surface area contributed by atoms with Gasteiger partial charge in [0.1, 0.15) is 12.0 Å². The fraction of sp³-hybridized carbons (Fsp3) is 0.263. The number of benzene rings is 2. The van der Waals surface area contributed by atoms with E-state index in [-0.39, 0.29) is 17.6 Å². The smallest absolute Gasteiger partial charge is 0.227 e. The second kappa shape index (κ2) is 7.70. The lowest BCUT2D eigenvalue weighted by molar-refractivity contribution is -0.120. The van der Waals surface area contributed by atoms with E-state index in [1.807, 2.05) is 12.1 Å². The first-order valence-electron chi connectivity index (χ1n) is 8.16. The molecule has 25 heavy (non-hydrogen) atoms. The van der Waals surface area contributed by atoms with Crippen LogP contribution in [0.2, 0.25) is 0 Å². The fourth-order valence-electron chi connectivity index (χ4n) is 3.01. The lowest BCUT2D eigenvalue weighted by Gasteiger charge is -2.33. The van der Waals surface area contributed by atoms with Crippen molar-refractivity contribution in [3.8, 4) is 5.75 Å². The normalized spacial score (nSPS) is 15.0. The molecule has 3 rings (SSSR count). The van der Waals surface area contributed by atoms with Gasteiger partial charge in [0.05, 0.1) is 5.69 Å². The van der Waals surface area contributed by atoms with E-state index >= 15 is 0 Å². The molecule has 0 bridgehead atoms. The van der Waals surface area contributed by atoms with E-state index in [2.05, 4.69) is 26.1 Å². The average molecular weight is 403 g/mol. The van der Waals surface area contributed by atoms with Crippen LogP contribution >= 0.6 is 15.9 Å². The molecule has 0 aromatic heterocycles. The van der Waals surface area contributed by atoms with Crippen LogP contribution in [0.25, 0.3) is 0 Å². The number of anilines is 2. The number of aldehydes is 1. The number of piperidine rings is 1. The minimum Gasteiger partial charge on any atom is -0.506 e. The minimum absolute atomic E-state index is 0.0513. The number of hydrogen-bond acceptors (Lipinski definition) is 4. The summed E-state index contributed by atoms with van der Waals surface area (Å²) in [5, 5.41) is 12.7. The highest BCUT2D eigenvalue weighted by Gasteiger charge is 2.25. The summed E-state index contributed by atoms with van der Waals surface area (Å²) in [4.78, 5) is 25.4. The largest absolute Gasteiger partial charge is 0.506 e. The first kappa shape index (κ1) is 17.5. The van der Waals surface area contributed by atoms with Gasteiger partial charge in [0.15, 0.2) is 0 Å². The summed E-state index contributed by atoms with van der Waals surface area (Å²) in [6.45, 7) is 1.57. The van der Waals surface area contributed by atoms with Crippen molar-refractivity contribution in [1.29, 1.82) is 0 Å². The summed E-state index contributed by atoms with van der Waals surface area (Å²) in [7, 11) is 0. The maximum atomic E-state index is 12.4. The number of phenolic OH excluding ortho intramolecular Hbond substituents is 1. The second-order valence-corrected chi connectivity index (χ2v) is 7.04. The third-order valence-corrected chi connectivity index (χ3v) is 4.97. The zero-order valence-electron chi connectivity index (χ0n) is 13.6. The SMILES string of the molecule is O=Cc1ccc(N2CCC(C(=O)Nc3ccc(Br)cc3O)CC2)cc1. The number of carbonyl (C=O) groups excluding carboxylic acids is 2. The fourth-order valence-corrected chi connectivity index (χ4v) is 3.36. The van der Waals surface area contributed by atoms with Gasteiger partial charge >= 0.3 is 0 Å². The molecule has 1 aliphatic rings. The van der Waals surface area contributed by atoms with Crippen molar-refractivity contribution in [2.75, 3.05) is 23.3 Å². The van der Waals surface area contributed by atoms with Crippen molar-refractivity contribution >= 4 is 39.5 Å². The third kappa shape index (κ3) is 4.20. The standard InChI is InChI=1S/C19H19BrN2O3/c20-15-3-6-17(18(24)11-15)21-19(25)14-7-9-22(10-8-14)16-4-1-13(12-23)2-5-16/h1-6,11-12,14,24H,7-10H2,(H,21,25). The van der Waals surface area contributed by atoms with Crippen molar-refractivity contribution in [2.45, 2.75) is 12.8 Å². The zero-order valence-corrected chi connectivity index (χ0v) is 15.2. The van der Waals surface area contributed by atoms with Gasteiger partial charge < -0.3 is 15.3 Å². The summed E-state index contributed by atoms with van der Waals surface area (Å²) < 4.78 is 0.761. The number of nitrogens with zero attached hydrogens (tertiary/aromatic N) is 1. The van der Waals surface area contributed by atoms with Crippen LogP contribution in [0.4, 0.5) is 11.4 Å². The Morgan fingerprint density at radius 2 is 1.84 bits per heavy atom. The monoisotopic (exact) mass is 402 g/mol. The van der Waals surface area contributed by atoms with Gasteiger partial charge in [-0.25, -0.2) is 0 Å². The van der Waals surface area contributed by atoms with Crippen LogP contribution in [0.3, 0.4) is 0 Å². The van der Waals surface area contributed by atoms with Crippen molar-refractivity contribution < 1.29 is 14.7 Å². The van der Waals surface area contributed by atoms with E-state index in [0.29, 0.717) is 11.3 Å². The van der Waals surface area contributed by atoms with Crippen molar-refractivity contribution in [1.82, 2.24) is 0 Å². The number of halogens is 1. The van der Waals surface area contributed by atoms with Gasteiger partial charge in [0.2, 0.25) is 5.91 Å². The van der Waals surface area contributed by atoms with E-state index in [4.69, 9.17) is 0 Å². The first-order valence-corrected chi connectivity index (χ1v) is 8.95. The van der Waals surface area contributed by atoms with E-state index < -0.39 is 0 Å². The predicted molar refractivity (Wildman–Crippen MR) is 101 cm³/mol. The van der Waals surface area contributed by atoms with Gasteiger partial charge in [0, 0.05) is 34.7 Å². The highest BCUT2D eigenvalue weighted by Crippen LogP contribution is 2.29. The molecule has 0 spiro atoms. The van der Waals surface area contributed by atoms with Crippen LogP contribution in [0, 0.1) is 5.92 Å². The molecule has 2 aromatic carbocycles. The van der Waals surface area contributed by atoms with Crippen molar-refractivity contribution in [3.63, 3.8) is 0 Å². The molecule has 0 aliphatic carbocycles. The van der Waals surface area contributed by atoms with Crippen LogP contribution in [0.1, 0.15) is 23.2 Å². The molecular formula is C19H19BrN2O3. The molecule has 0 unspecified atom stereocenters. The van der Waals surface area contributed by atoms with Crippen LogP contribution in [0.15, 0.2) is 46.9 Å². The number of carbonyl (C=O) groups is 2. The number of nitrogens with one attached hydrogen (secondary N) is 1. The first-order chi connectivity index (χ1) is 12.1. The van der Waals surface area contributed by atoms with Crippen molar-refractivity contribution in [2.24, 2.45) is 5.92 Å². The van der Waals surface area contributed by atoms with Gasteiger partial charge in [-0.05, 0) is 55.3 Å².